The van der Waals surface area contributed by atoms with Crippen LogP contribution in [0, 0.1) is 0 Å². The summed E-state index contributed by atoms with van der Waals surface area (Å²) >= 11 is 0. The van der Waals surface area contributed by atoms with Crippen molar-refractivity contribution in [2.24, 2.45) is 0 Å². The van der Waals surface area contributed by atoms with E-state index in [-0.39, 0.29) is 5.91 Å². The number of nitrogens with one attached hydrogen (secondary N) is 2. The fourth-order valence-electron chi connectivity index (χ4n) is 1.44. The molecule has 0 aromatic carbocycles. The van der Waals surface area contributed by atoms with Crippen molar-refractivity contribution in [2.75, 3.05) is 19.6 Å². The lowest BCUT2D eigenvalue weighted by molar-refractivity contribution is -0.121. The number of unbranched alkanes of at least 4 members (excludes halogenated alkanes) is 4. The Morgan fingerprint density at radius 1 is 1.00 bits per heavy atom. The minimum Gasteiger partial charge on any atom is -0.355 e. The van der Waals surface area contributed by atoms with Crippen LogP contribution in [-0.2, 0) is 4.79 Å². The molecule has 0 saturated carbocycles. The summed E-state index contributed by atoms with van der Waals surface area (Å²) in [6.45, 7) is 6.86. The Kier molecular flexibility index (Phi) is 11.1. The Labute approximate surface area is 94.0 Å². The Morgan fingerprint density at radius 2 is 1.73 bits per heavy atom. The van der Waals surface area contributed by atoms with Gasteiger partial charge in [0, 0.05) is 19.5 Å². The zero-order chi connectivity index (χ0) is 11.4. The third kappa shape index (κ3) is 11.4. The van der Waals surface area contributed by atoms with Crippen LogP contribution in [0.4, 0.5) is 0 Å². The van der Waals surface area contributed by atoms with Crippen molar-refractivity contribution >= 4 is 5.91 Å². The molecule has 3 nitrogen and oxygen atoms in total. The van der Waals surface area contributed by atoms with E-state index in [1.165, 1.54) is 25.7 Å². The van der Waals surface area contributed by atoms with Crippen LogP contribution in [-0.4, -0.2) is 25.5 Å². The number of carbonyl (C=O) groups is 1. The summed E-state index contributed by atoms with van der Waals surface area (Å²) in [5, 5.41) is 6.08. The number of amides is 1. The lowest BCUT2D eigenvalue weighted by Gasteiger charge is -2.05. The number of rotatable bonds is 10. The average Bonchev–Trinajstić information content (AvgIpc) is 2.24. The molecule has 90 valence electrons. The Hall–Kier alpha value is -0.570. The summed E-state index contributed by atoms with van der Waals surface area (Å²) in [6, 6.07) is 0. The summed E-state index contributed by atoms with van der Waals surface area (Å²) in [5.41, 5.74) is 0. The van der Waals surface area contributed by atoms with Gasteiger partial charge >= 0.3 is 0 Å². The molecule has 0 aromatic rings. The maximum Gasteiger partial charge on any atom is 0.220 e. The quantitative estimate of drug-likeness (QED) is 0.547. The van der Waals surface area contributed by atoms with Crippen LogP contribution >= 0.6 is 0 Å². The van der Waals surface area contributed by atoms with Crippen molar-refractivity contribution in [2.45, 2.75) is 52.4 Å². The first-order chi connectivity index (χ1) is 7.31. The molecule has 0 fully saturated rings. The van der Waals surface area contributed by atoms with Crippen molar-refractivity contribution < 1.29 is 4.79 Å². The lowest BCUT2D eigenvalue weighted by Crippen LogP contribution is -2.31. The normalized spacial score (nSPS) is 10.3. The smallest absolute Gasteiger partial charge is 0.220 e. The second-order valence-electron chi connectivity index (χ2n) is 3.87. The highest BCUT2D eigenvalue weighted by Gasteiger charge is 1.99. The minimum atomic E-state index is 0.199. The molecule has 0 aliphatic rings. The van der Waals surface area contributed by atoms with Crippen LogP contribution in [0.1, 0.15) is 52.4 Å². The molecule has 2 N–H and O–H groups in total. The zero-order valence-electron chi connectivity index (χ0n) is 10.3. The third-order valence-electron chi connectivity index (χ3n) is 2.38. The Bertz CT molecular complexity index is 149. The van der Waals surface area contributed by atoms with E-state index in [1.807, 2.05) is 0 Å². The van der Waals surface area contributed by atoms with Gasteiger partial charge in [-0.25, -0.2) is 0 Å². The lowest BCUT2D eigenvalue weighted by atomic mass is 10.1. The maximum absolute atomic E-state index is 11.3. The van der Waals surface area contributed by atoms with Crippen LogP contribution in [0.15, 0.2) is 0 Å². The van der Waals surface area contributed by atoms with E-state index in [0.29, 0.717) is 6.42 Å². The zero-order valence-corrected chi connectivity index (χ0v) is 10.3. The first-order valence-electron chi connectivity index (χ1n) is 6.28. The molecular weight excluding hydrogens is 188 g/mol. The van der Waals surface area contributed by atoms with E-state index in [2.05, 4.69) is 24.5 Å². The first kappa shape index (κ1) is 14.4. The van der Waals surface area contributed by atoms with Crippen LogP contribution in [0.2, 0.25) is 0 Å². The maximum atomic E-state index is 11.3. The van der Waals surface area contributed by atoms with Crippen LogP contribution in [0.3, 0.4) is 0 Å². The molecule has 1 amide bonds. The van der Waals surface area contributed by atoms with Crippen molar-refractivity contribution in [3.05, 3.63) is 0 Å². The molecule has 0 bridgehead atoms. The van der Waals surface area contributed by atoms with E-state index >= 15 is 0 Å². The van der Waals surface area contributed by atoms with E-state index in [4.69, 9.17) is 0 Å². The molecule has 3 heteroatoms. The molecule has 0 unspecified atom stereocenters. The van der Waals surface area contributed by atoms with Gasteiger partial charge < -0.3 is 10.6 Å². The summed E-state index contributed by atoms with van der Waals surface area (Å²) in [6.07, 6.45) is 6.73. The van der Waals surface area contributed by atoms with Gasteiger partial charge in [-0.2, -0.15) is 0 Å². The minimum absolute atomic E-state index is 0.199. The molecular formula is C12H26N2O. The van der Waals surface area contributed by atoms with Gasteiger partial charge in [0.25, 0.3) is 0 Å². The number of likely N-dealkylation sites (N-methyl/N-ethyl adjacent to an activating group) is 1. The van der Waals surface area contributed by atoms with E-state index < -0.39 is 0 Å². The fourth-order valence-corrected chi connectivity index (χ4v) is 1.44. The van der Waals surface area contributed by atoms with E-state index in [1.54, 1.807) is 0 Å². The number of hydrogen-bond donors (Lipinski definition) is 2. The second-order valence-corrected chi connectivity index (χ2v) is 3.87. The molecule has 0 aromatic heterocycles. The first-order valence-corrected chi connectivity index (χ1v) is 6.28. The highest BCUT2D eigenvalue weighted by atomic mass is 16.1. The van der Waals surface area contributed by atoms with E-state index in [0.717, 1.165) is 26.1 Å². The topological polar surface area (TPSA) is 41.1 Å². The molecule has 0 heterocycles. The van der Waals surface area contributed by atoms with Gasteiger partial charge in [-0.15, -0.1) is 0 Å². The summed E-state index contributed by atoms with van der Waals surface area (Å²) in [4.78, 5) is 11.3. The van der Waals surface area contributed by atoms with Crippen molar-refractivity contribution in [1.82, 2.24) is 10.6 Å². The average molecular weight is 214 g/mol. The highest BCUT2D eigenvalue weighted by Crippen LogP contribution is 2.04. The fraction of sp³-hybridized carbons (Fsp3) is 0.917. The summed E-state index contributed by atoms with van der Waals surface area (Å²) in [5.74, 6) is 0.199. The second kappa shape index (κ2) is 11.5. The van der Waals surface area contributed by atoms with Crippen LogP contribution in [0.25, 0.3) is 0 Å². The monoisotopic (exact) mass is 214 g/mol. The van der Waals surface area contributed by atoms with Gasteiger partial charge in [0.1, 0.15) is 0 Å². The Morgan fingerprint density at radius 3 is 2.40 bits per heavy atom. The number of hydrogen-bond acceptors (Lipinski definition) is 2. The molecule has 0 rings (SSSR count). The number of carbonyl (C=O) groups excluding carboxylic acids is 1. The van der Waals surface area contributed by atoms with Gasteiger partial charge in [-0.05, 0) is 13.0 Å². The van der Waals surface area contributed by atoms with Gasteiger partial charge in [0.05, 0.1) is 0 Å². The van der Waals surface area contributed by atoms with Gasteiger partial charge in [0.2, 0.25) is 5.91 Å². The standard InChI is InChI=1S/C12H26N2O/c1-3-5-6-7-8-9-12(15)14-11-10-13-4-2/h13H,3-11H2,1-2H3,(H,14,15). The van der Waals surface area contributed by atoms with Gasteiger partial charge in [0.15, 0.2) is 0 Å². The van der Waals surface area contributed by atoms with Crippen molar-refractivity contribution in [1.29, 1.82) is 0 Å². The predicted molar refractivity (Wildman–Crippen MR) is 64.9 cm³/mol. The summed E-state index contributed by atoms with van der Waals surface area (Å²) in [7, 11) is 0. The van der Waals surface area contributed by atoms with Gasteiger partial charge in [-0.1, -0.05) is 39.5 Å². The third-order valence-corrected chi connectivity index (χ3v) is 2.38. The van der Waals surface area contributed by atoms with Crippen molar-refractivity contribution in [3.8, 4) is 0 Å². The highest BCUT2D eigenvalue weighted by molar-refractivity contribution is 5.75. The molecule has 0 spiro atoms. The Balaban J connectivity index is 3.11. The molecule has 0 saturated heterocycles. The van der Waals surface area contributed by atoms with Crippen LogP contribution < -0.4 is 10.6 Å². The SMILES string of the molecule is CCCCCCCC(=O)NCCNCC. The summed E-state index contributed by atoms with van der Waals surface area (Å²) < 4.78 is 0. The predicted octanol–water partition coefficient (Wildman–Crippen LogP) is 2.07. The van der Waals surface area contributed by atoms with Crippen molar-refractivity contribution in [3.63, 3.8) is 0 Å². The van der Waals surface area contributed by atoms with Gasteiger partial charge in [-0.3, -0.25) is 4.79 Å². The van der Waals surface area contributed by atoms with Crippen LogP contribution in [0.5, 0.6) is 0 Å². The molecule has 0 radical (unpaired) electrons. The molecule has 0 aliphatic carbocycles. The largest absolute Gasteiger partial charge is 0.355 e. The molecule has 0 aliphatic heterocycles. The molecule has 0 atom stereocenters. The van der Waals surface area contributed by atoms with E-state index in [9.17, 15) is 4.79 Å². The molecule has 15 heavy (non-hydrogen) atoms.